The van der Waals surface area contributed by atoms with E-state index in [2.05, 4.69) is 0 Å². The topological polar surface area (TPSA) is 38.5 Å². The third-order valence-electron chi connectivity index (χ3n) is 2.26. The number of nitrogens with zero attached hydrogens (tertiary/aromatic N) is 1. The smallest absolute Gasteiger partial charge is 0.131 e. The molecule has 1 aromatic rings. The number of hydrogen-bond donors (Lipinski definition) is 1. The van der Waals surface area contributed by atoms with Gasteiger partial charge in [0.05, 0.1) is 0 Å². The lowest BCUT2D eigenvalue weighted by Gasteiger charge is -2.16. The summed E-state index contributed by atoms with van der Waals surface area (Å²) in [5.41, 5.74) is 6.16. The lowest BCUT2D eigenvalue weighted by molar-refractivity contribution is 0.257. The van der Waals surface area contributed by atoms with Crippen LogP contribution in [-0.2, 0) is 0 Å². The minimum Gasteiger partial charge on any atom is -0.492 e. The number of nitrogens with two attached hydrogens (primary N) is 1. The highest BCUT2D eigenvalue weighted by Gasteiger charge is 2.13. The van der Waals surface area contributed by atoms with E-state index in [9.17, 15) is 4.39 Å². The Bertz CT molecular complexity index is 340. The zero-order chi connectivity index (χ0) is 12.1. The van der Waals surface area contributed by atoms with Gasteiger partial charge in [-0.2, -0.15) is 0 Å². The van der Waals surface area contributed by atoms with Crippen molar-refractivity contribution in [1.82, 2.24) is 4.90 Å². The molecular weight excluding hydrogens is 207 g/mol. The number of benzene rings is 1. The monoisotopic (exact) mass is 226 g/mol. The summed E-state index contributed by atoms with van der Waals surface area (Å²) in [6.07, 6.45) is 0. The van der Waals surface area contributed by atoms with Crippen molar-refractivity contribution in [3.05, 3.63) is 29.6 Å². The summed E-state index contributed by atoms with van der Waals surface area (Å²) in [5, 5.41) is 0. The van der Waals surface area contributed by atoms with E-state index in [1.54, 1.807) is 19.1 Å². The molecule has 16 heavy (non-hydrogen) atoms. The summed E-state index contributed by atoms with van der Waals surface area (Å²) in [6, 6.07) is 4.41. The zero-order valence-corrected chi connectivity index (χ0v) is 10.0. The van der Waals surface area contributed by atoms with Crippen molar-refractivity contribution in [3.63, 3.8) is 0 Å². The van der Waals surface area contributed by atoms with Gasteiger partial charge in [-0.1, -0.05) is 6.07 Å². The Morgan fingerprint density at radius 3 is 2.69 bits per heavy atom. The van der Waals surface area contributed by atoms with E-state index < -0.39 is 0 Å². The Morgan fingerprint density at radius 2 is 2.12 bits per heavy atom. The van der Waals surface area contributed by atoms with Crippen LogP contribution in [0.4, 0.5) is 4.39 Å². The van der Waals surface area contributed by atoms with E-state index in [4.69, 9.17) is 10.5 Å². The first-order chi connectivity index (χ1) is 7.52. The van der Waals surface area contributed by atoms with Crippen LogP contribution in [0.25, 0.3) is 0 Å². The minimum absolute atomic E-state index is 0.308. The quantitative estimate of drug-likeness (QED) is 0.831. The average molecular weight is 226 g/mol. The SMILES string of the molecule is CC(N)c1c(F)cccc1OCCN(C)C. The van der Waals surface area contributed by atoms with Gasteiger partial charge in [0.1, 0.15) is 18.2 Å². The summed E-state index contributed by atoms with van der Waals surface area (Å²) >= 11 is 0. The maximum absolute atomic E-state index is 13.5. The van der Waals surface area contributed by atoms with Crippen molar-refractivity contribution in [2.45, 2.75) is 13.0 Å². The molecule has 0 aliphatic heterocycles. The molecule has 0 saturated carbocycles. The second kappa shape index (κ2) is 5.82. The van der Waals surface area contributed by atoms with E-state index in [0.29, 0.717) is 17.9 Å². The summed E-state index contributed by atoms with van der Waals surface area (Å²) in [4.78, 5) is 2.00. The highest BCUT2D eigenvalue weighted by Crippen LogP contribution is 2.26. The highest BCUT2D eigenvalue weighted by atomic mass is 19.1. The van der Waals surface area contributed by atoms with Crippen LogP contribution < -0.4 is 10.5 Å². The molecule has 2 N–H and O–H groups in total. The molecule has 0 radical (unpaired) electrons. The van der Waals surface area contributed by atoms with Crippen molar-refractivity contribution in [3.8, 4) is 5.75 Å². The molecule has 4 heteroatoms. The fraction of sp³-hybridized carbons (Fsp3) is 0.500. The van der Waals surface area contributed by atoms with E-state index >= 15 is 0 Å². The van der Waals surface area contributed by atoms with Gasteiger partial charge in [-0.15, -0.1) is 0 Å². The summed E-state index contributed by atoms with van der Waals surface area (Å²) in [6.45, 7) is 3.06. The van der Waals surface area contributed by atoms with Gasteiger partial charge in [-0.25, -0.2) is 4.39 Å². The van der Waals surface area contributed by atoms with E-state index in [1.165, 1.54) is 6.07 Å². The molecule has 0 aliphatic carbocycles. The summed E-state index contributed by atoms with van der Waals surface area (Å²) in [5.74, 6) is 0.231. The Balaban J connectivity index is 2.75. The van der Waals surface area contributed by atoms with Gasteiger partial charge < -0.3 is 15.4 Å². The van der Waals surface area contributed by atoms with Gasteiger partial charge in [0, 0.05) is 18.2 Å². The molecule has 1 aromatic carbocycles. The first kappa shape index (κ1) is 12.9. The summed E-state index contributed by atoms with van der Waals surface area (Å²) in [7, 11) is 3.92. The molecule has 1 rings (SSSR count). The fourth-order valence-electron chi connectivity index (χ4n) is 1.42. The molecular formula is C12H19FN2O. The van der Waals surface area contributed by atoms with Crippen molar-refractivity contribution in [1.29, 1.82) is 0 Å². The molecule has 0 bridgehead atoms. The Labute approximate surface area is 96.0 Å². The highest BCUT2D eigenvalue weighted by molar-refractivity contribution is 5.36. The zero-order valence-electron chi connectivity index (χ0n) is 10.0. The molecule has 3 nitrogen and oxygen atoms in total. The van der Waals surface area contributed by atoms with Crippen LogP contribution in [0.1, 0.15) is 18.5 Å². The van der Waals surface area contributed by atoms with Gasteiger partial charge in [0.15, 0.2) is 0 Å². The maximum Gasteiger partial charge on any atom is 0.131 e. The molecule has 0 fully saturated rings. The molecule has 90 valence electrons. The predicted molar refractivity (Wildman–Crippen MR) is 63.1 cm³/mol. The average Bonchev–Trinajstić information content (AvgIpc) is 2.16. The first-order valence-corrected chi connectivity index (χ1v) is 5.34. The number of ether oxygens (including phenoxy) is 1. The van der Waals surface area contributed by atoms with Crippen molar-refractivity contribution < 1.29 is 9.13 Å². The second-order valence-electron chi connectivity index (χ2n) is 4.09. The van der Waals surface area contributed by atoms with Crippen molar-refractivity contribution in [2.24, 2.45) is 5.73 Å². The number of halogens is 1. The van der Waals surface area contributed by atoms with Crippen molar-refractivity contribution in [2.75, 3.05) is 27.2 Å². The Kier molecular flexibility index (Phi) is 4.71. The molecule has 0 spiro atoms. The molecule has 0 saturated heterocycles. The van der Waals surface area contributed by atoms with Gasteiger partial charge in [0.25, 0.3) is 0 Å². The van der Waals surface area contributed by atoms with E-state index in [0.717, 1.165) is 6.54 Å². The van der Waals surface area contributed by atoms with Gasteiger partial charge in [-0.05, 0) is 33.2 Å². The van der Waals surface area contributed by atoms with Crippen LogP contribution in [0.3, 0.4) is 0 Å². The third-order valence-corrected chi connectivity index (χ3v) is 2.26. The van der Waals surface area contributed by atoms with Crippen LogP contribution >= 0.6 is 0 Å². The second-order valence-corrected chi connectivity index (χ2v) is 4.09. The van der Waals surface area contributed by atoms with Crippen LogP contribution in [-0.4, -0.2) is 32.1 Å². The lowest BCUT2D eigenvalue weighted by Crippen LogP contribution is -2.20. The predicted octanol–water partition coefficient (Wildman–Crippen LogP) is 1.79. The molecule has 1 unspecified atom stereocenters. The molecule has 0 heterocycles. The summed E-state index contributed by atoms with van der Waals surface area (Å²) < 4.78 is 19.0. The van der Waals surface area contributed by atoms with E-state index in [1.807, 2.05) is 19.0 Å². The molecule has 0 aliphatic rings. The van der Waals surface area contributed by atoms with E-state index in [-0.39, 0.29) is 11.9 Å². The fourth-order valence-corrected chi connectivity index (χ4v) is 1.42. The normalized spacial score (nSPS) is 12.9. The lowest BCUT2D eigenvalue weighted by atomic mass is 10.1. The third kappa shape index (κ3) is 3.47. The first-order valence-electron chi connectivity index (χ1n) is 5.34. The number of likely N-dealkylation sites (N-methyl/N-ethyl adjacent to an activating group) is 1. The van der Waals surface area contributed by atoms with Gasteiger partial charge >= 0.3 is 0 Å². The minimum atomic E-state index is -0.365. The van der Waals surface area contributed by atoms with Crippen LogP contribution in [0.2, 0.25) is 0 Å². The Hall–Kier alpha value is -1.13. The molecule has 0 amide bonds. The van der Waals surface area contributed by atoms with Crippen LogP contribution in [0, 0.1) is 5.82 Å². The van der Waals surface area contributed by atoms with Crippen molar-refractivity contribution >= 4 is 0 Å². The van der Waals surface area contributed by atoms with Crippen LogP contribution in [0.5, 0.6) is 5.75 Å². The van der Waals surface area contributed by atoms with Crippen LogP contribution in [0.15, 0.2) is 18.2 Å². The molecule has 1 atom stereocenters. The van der Waals surface area contributed by atoms with Gasteiger partial charge in [-0.3, -0.25) is 0 Å². The number of hydrogen-bond acceptors (Lipinski definition) is 3. The largest absolute Gasteiger partial charge is 0.492 e. The standard InChI is InChI=1S/C12H19FN2O/c1-9(14)12-10(13)5-4-6-11(12)16-8-7-15(2)3/h4-6,9H,7-8,14H2,1-3H3. The number of rotatable bonds is 5. The Morgan fingerprint density at radius 1 is 1.44 bits per heavy atom. The molecule has 0 aromatic heterocycles. The van der Waals surface area contributed by atoms with Gasteiger partial charge in [0.2, 0.25) is 0 Å². The maximum atomic E-state index is 13.5.